The Morgan fingerprint density at radius 2 is 1.90 bits per heavy atom. The zero-order chi connectivity index (χ0) is 14.8. The molecular formula is C15H23Cl3N2O. The molecule has 0 amide bonds. The minimum Gasteiger partial charge on any atom is -0.396 e. The van der Waals surface area contributed by atoms with Gasteiger partial charge in [0, 0.05) is 54.3 Å². The van der Waals surface area contributed by atoms with Crippen molar-refractivity contribution in [1.82, 2.24) is 10.2 Å². The second kappa shape index (κ2) is 8.00. The summed E-state index contributed by atoms with van der Waals surface area (Å²) in [5, 5.41) is 14.5. The van der Waals surface area contributed by atoms with Crippen LogP contribution in [0, 0.1) is 5.41 Å². The minimum atomic E-state index is -0.286. The van der Waals surface area contributed by atoms with Crippen molar-refractivity contribution in [1.29, 1.82) is 0 Å². The Kier molecular flexibility index (Phi) is 7.25. The molecule has 1 aromatic carbocycles. The summed E-state index contributed by atoms with van der Waals surface area (Å²) in [4.78, 5) is 2.38. The van der Waals surface area contributed by atoms with Gasteiger partial charge in [0.05, 0.1) is 0 Å². The van der Waals surface area contributed by atoms with E-state index in [1.807, 2.05) is 12.1 Å². The third-order valence-electron chi connectivity index (χ3n) is 3.92. The van der Waals surface area contributed by atoms with Crippen LogP contribution in [0.1, 0.15) is 25.5 Å². The van der Waals surface area contributed by atoms with Crippen molar-refractivity contribution < 1.29 is 5.11 Å². The van der Waals surface area contributed by atoms with Gasteiger partial charge in [0.25, 0.3) is 0 Å². The highest BCUT2D eigenvalue weighted by atomic mass is 35.5. The standard InChI is InChI=1S/C15H22Cl2N2O.ClH/c1-15(2,10-20)14(19-7-5-18-6-8-19)12-9-11(16)3-4-13(12)17;/h3-4,9,14,18,20H,5-8,10H2,1-2H3;1H/t14-;/m1./s1. The first-order chi connectivity index (χ1) is 9.45. The molecule has 0 bridgehead atoms. The zero-order valence-electron chi connectivity index (χ0n) is 12.4. The van der Waals surface area contributed by atoms with Gasteiger partial charge in [-0.15, -0.1) is 12.4 Å². The maximum atomic E-state index is 9.80. The highest BCUT2D eigenvalue weighted by Crippen LogP contribution is 2.41. The summed E-state index contributed by atoms with van der Waals surface area (Å²) in [6.45, 7) is 8.03. The second-order valence-electron chi connectivity index (χ2n) is 6.00. The summed E-state index contributed by atoms with van der Waals surface area (Å²) >= 11 is 12.5. The highest BCUT2D eigenvalue weighted by Gasteiger charge is 2.36. The highest BCUT2D eigenvalue weighted by molar-refractivity contribution is 6.33. The average Bonchev–Trinajstić information content (AvgIpc) is 2.44. The largest absolute Gasteiger partial charge is 0.396 e. The number of halogens is 3. The summed E-state index contributed by atoms with van der Waals surface area (Å²) in [7, 11) is 0. The molecular weight excluding hydrogens is 331 g/mol. The van der Waals surface area contributed by atoms with E-state index in [1.54, 1.807) is 6.07 Å². The van der Waals surface area contributed by atoms with Gasteiger partial charge in [-0.2, -0.15) is 0 Å². The minimum absolute atomic E-state index is 0. The monoisotopic (exact) mass is 352 g/mol. The van der Waals surface area contributed by atoms with E-state index in [2.05, 4.69) is 24.1 Å². The molecule has 0 radical (unpaired) electrons. The number of rotatable bonds is 4. The summed E-state index contributed by atoms with van der Waals surface area (Å²) in [5.74, 6) is 0. The second-order valence-corrected chi connectivity index (χ2v) is 6.84. The molecule has 0 saturated carbocycles. The van der Waals surface area contributed by atoms with Crippen molar-refractivity contribution in [3.05, 3.63) is 33.8 Å². The van der Waals surface area contributed by atoms with Gasteiger partial charge in [0.2, 0.25) is 0 Å². The van der Waals surface area contributed by atoms with Crippen LogP contribution in [0.3, 0.4) is 0 Å². The summed E-state index contributed by atoms with van der Waals surface area (Å²) in [6.07, 6.45) is 0. The Labute approximate surface area is 143 Å². The van der Waals surface area contributed by atoms with Crippen LogP contribution in [-0.4, -0.2) is 42.8 Å². The first-order valence-corrected chi connectivity index (χ1v) is 7.72. The molecule has 0 aromatic heterocycles. The number of piperazine rings is 1. The number of aliphatic hydroxyl groups is 1. The quantitative estimate of drug-likeness (QED) is 0.871. The number of hydrogen-bond acceptors (Lipinski definition) is 3. The van der Waals surface area contributed by atoms with Crippen LogP contribution in [0.4, 0.5) is 0 Å². The van der Waals surface area contributed by atoms with E-state index in [0.29, 0.717) is 10.0 Å². The third-order valence-corrected chi connectivity index (χ3v) is 4.50. The summed E-state index contributed by atoms with van der Waals surface area (Å²) < 4.78 is 0. The van der Waals surface area contributed by atoms with E-state index in [0.717, 1.165) is 31.7 Å². The summed E-state index contributed by atoms with van der Waals surface area (Å²) in [6, 6.07) is 5.62. The molecule has 0 aliphatic carbocycles. The normalized spacial score (nSPS) is 18.1. The van der Waals surface area contributed by atoms with Crippen LogP contribution in [0.2, 0.25) is 10.0 Å². The molecule has 1 fully saturated rings. The first kappa shape index (κ1) is 19.0. The van der Waals surface area contributed by atoms with Crippen molar-refractivity contribution in [3.63, 3.8) is 0 Å². The van der Waals surface area contributed by atoms with Crippen molar-refractivity contribution in [2.75, 3.05) is 32.8 Å². The van der Waals surface area contributed by atoms with Crippen LogP contribution < -0.4 is 5.32 Å². The van der Waals surface area contributed by atoms with E-state index in [-0.39, 0.29) is 30.5 Å². The fourth-order valence-electron chi connectivity index (χ4n) is 2.86. The SMILES string of the molecule is CC(C)(CO)[C@@H](c1cc(Cl)ccc1Cl)N1CCNCC1.Cl. The molecule has 1 aliphatic rings. The van der Waals surface area contributed by atoms with Crippen molar-refractivity contribution in [2.24, 2.45) is 5.41 Å². The maximum Gasteiger partial charge on any atom is 0.0500 e. The van der Waals surface area contributed by atoms with Crippen molar-refractivity contribution in [2.45, 2.75) is 19.9 Å². The van der Waals surface area contributed by atoms with E-state index in [1.165, 1.54) is 0 Å². The topological polar surface area (TPSA) is 35.5 Å². The van der Waals surface area contributed by atoms with Crippen LogP contribution in [0.15, 0.2) is 18.2 Å². The van der Waals surface area contributed by atoms with Gasteiger partial charge < -0.3 is 10.4 Å². The number of nitrogens with one attached hydrogen (secondary N) is 1. The van der Waals surface area contributed by atoms with E-state index in [4.69, 9.17) is 23.2 Å². The van der Waals surface area contributed by atoms with Gasteiger partial charge in [-0.25, -0.2) is 0 Å². The molecule has 2 rings (SSSR count). The molecule has 3 nitrogen and oxygen atoms in total. The lowest BCUT2D eigenvalue weighted by Gasteiger charge is -2.43. The van der Waals surface area contributed by atoms with Gasteiger partial charge in [-0.1, -0.05) is 37.0 Å². The predicted molar refractivity (Wildman–Crippen MR) is 91.8 cm³/mol. The Bertz CT molecular complexity index is 462. The Balaban J connectivity index is 0.00000220. The Hall–Kier alpha value is -0.0300. The zero-order valence-corrected chi connectivity index (χ0v) is 14.7. The molecule has 1 atom stereocenters. The number of hydrogen-bond donors (Lipinski definition) is 2. The number of aliphatic hydroxyl groups excluding tert-OH is 1. The van der Waals surface area contributed by atoms with Crippen LogP contribution in [0.25, 0.3) is 0 Å². The molecule has 6 heteroatoms. The molecule has 120 valence electrons. The fourth-order valence-corrected chi connectivity index (χ4v) is 3.26. The molecule has 2 N–H and O–H groups in total. The van der Waals surface area contributed by atoms with Crippen LogP contribution in [0.5, 0.6) is 0 Å². The molecule has 1 heterocycles. The number of benzene rings is 1. The lowest BCUT2D eigenvalue weighted by atomic mass is 9.79. The van der Waals surface area contributed by atoms with E-state index in [9.17, 15) is 5.11 Å². The smallest absolute Gasteiger partial charge is 0.0500 e. The van der Waals surface area contributed by atoms with Gasteiger partial charge >= 0.3 is 0 Å². The molecule has 1 aliphatic heterocycles. The number of nitrogens with zero attached hydrogens (tertiary/aromatic N) is 1. The summed E-state index contributed by atoms with van der Waals surface area (Å²) in [5.41, 5.74) is 0.714. The van der Waals surface area contributed by atoms with E-state index < -0.39 is 0 Å². The first-order valence-electron chi connectivity index (χ1n) is 6.96. The molecule has 21 heavy (non-hydrogen) atoms. The molecule has 0 unspecified atom stereocenters. The third kappa shape index (κ3) is 4.47. The van der Waals surface area contributed by atoms with Crippen LogP contribution >= 0.6 is 35.6 Å². The molecule has 1 aromatic rings. The molecule has 0 spiro atoms. The van der Waals surface area contributed by atoms with Crippen molar-refractivity contribution in [3.8, 4) is 0 Å². The maximum absolute atomic E-state index is 9.80. The lowest BCUT2D eigenvalue weighted by Crippen LogP contribution is -2.49. The van der Waals surface area contributed by atoms with Gasteiger partial charge in [-0.05, 0) is 23.8 Å². The average molecular weight is 354 g/mol. The van der Waals surface area contributed by atoms with Crippen molar-refractivity contribution >= 4 is 35.6 Å². The lowest BCUT2D eigenvalue weighted by molar-refractivity contribution is 0.0306. The van der Waals surface area contributed by atoms with E-state index >= 15 is 0 Å². The fraction of sp³-hybridized carbons (Fsp3) is 0.600. The van der Waals surface area contributed by atoms with Crippen LogP contribution in [-0.2, 0) is 0 Å². The van der Waals surface area contributed by atoms with Gasteiger partial charge in [0.15, 0.2) is 0 Å². The predicted octanol–water partition coefficient (Wildman–Crippen LogP) is 3.38. The van der Waals surface area contributed by atoms with Gasteiger partial charge in [0.1, 0.15) is 0 Å². The molecule has 1 saturated heterocycles. The Morgan fingerprint density at radius 1 is 1.29 bits per heavy atom. The van der Waals surface area contributed by atoms with Gasteiger partial charge in [-0.3, -0.25) is 4.90 Å². The Morgan fingerprint density at radius 3 is 2.48 bits per heavy atom.